The van der Waals surface area contributed by atoms with Gasteiger partial charge >= 0.3 is 6.03 Å². The summed E-state index contributed by atoms with van der Waals surface area (Å²) in [6, 6.07) is 25.0. The molecule has 1 aliphatic carbocycles. The first-order valence-corrected chi connectivity index (χ1v) is 14.3. The summed E-state index contributed by atoms with van der Waals surface area (Å²) in [5, 5.41) is 6.13. The number of benzene rings is 3. The zero-order chi connectivity index (χ0) is 28.3. The van der Waals surface area contributed by atoms with Crippen molar-refractivity contribution in [2.75, 3.05) is 19.6 Å². The normalized spacial score (nSPS) is 19.1. The fourth-order valence-electron chi connectivity index (χ4n) is 5.60. The molecule has 210 valence electrons. The minimum absolute atomic E-state index is 0.161. The highest BCUT2D eigenvalue weighted by Gasteiger charge is 2.47. The van der Waals surface area contributed by atoms with Gasteiger partial charge in [-0.3, -0.25) is 14.5 Å². The smallest absolute Gasteiger partial charge is 0.322 e. The second-order valence-electron chi connectivity index (χ2n) is 10.8. The highest BCUT2D eigenvalue weighted by atomic mass is 16.5. The van der Waals surface area contributed by atoms with Crippen molar-refractivity contribution >= 4 is 17.8 Å². The maximum atomic E-state index is 14.2. The largest absolute Gasteiger partial charge is 0.457 e. The van der Waals surface area contributed by atoms with Crippen molar-refractivity contribution in [3.8, 4) is 11.5 Å². The van der Waals surface area contributed by atoms with Gasteiger partial charge in [-0.25, -0.2) is 4.79 Å². The summed E-state index contributed by atoms with van der Waals surface area (Å²) in [6.45, 7) is 3.11. The Morgan fingerprint density at radius 1 is 0.976 bits per heavy atom. The number of ether oxygens (including phenoxy) is 1. The molecule has 2 N–H and O–H groups in total. The van der Waals surface area contributed by atoms with Crippen LogP contribution < -0.4 is 15.4 Å². The second-order valence-corrected chi connectivity index (χ2v) is 10.8. The van der Waals surface area contributed by atoms with E-state index in [2.05, 4.69) is 10.6 Å². The number of rotatable bonds is 10. The summed E-state index contributed by atoms with van der Waals surface area (Å²) < 4.78 is 6.04. The molecule has 2 atom stereocenters. The van der Waals surface area contributed by atoms with Gasteiger partial charge in [0.1, 0.15) is 17.5 Å². The van der Waals surface area contributed by atoms with Gasteiger partial charge in [-0.15, -0.1) is 0 Å². The molecule has 4 amide bonds. The maximum absolute atomic E-state index is 14.2. The molecule has 3 aromatic rings. The molecule has 8 heteroatoms. The molecule has 1 saturated carbocycles. The number of hydrogen-bond donors (Lipinski definition) is 2. The van der Waals surface area contributed by atoms with Gasteiger partial charge in [-0.2, -0.15) is 0 Å². The van der Waals surface area contributed by atoms with Crippen molar-refractivity contribution in [1.82, 2.24) is 20.4 Å². The number of hydrogen-bond acceptors (Lipinski definition) is 4. The lowest BCUT2D eigenvalue weighted by atomic mass is 9.95. The van der Waals surface area contributed by atoms with Crippen molar-refractivity contribution in [1.29, 1.82) is 0 Å². The highest BCUT2D eigenvalue weighted by Crippen LogP contribution is 2.38. The number of para-hydroxylation sites is 1. The fraction of sp³-hybridized carbons (Fsp3) is 0.303. The van der Waals surface area contributed by atoms with E-state index in [1.54, 1.807) is 9.80 Å². The lowest BCUT2D eigenvalue weighted by Gasteiger charge is -2.33. The molecule has 0 aromatic heterocycles. The molecule has 0 bridgehead atoms. The third-order valence-corrected chi connectivity index (χ3v) is 7.95. The molecule has 0 radical (unpaired) electrons. The van der Waals surface area contributed by atoms with E-state index in [0.29, 0.717) is 48.2 Å². The van der Waals surface area contributed by atoms with E-state index in [0.717, 1.165) is 24.0 Å². The average Bonchev–Trinajstić information content (AvgIpc) is 3.77. The Bertz CT molecular complexity index is 1470. The maximum Gasteiger partial charge on any atom is 0.322 e. The zero-order valence-electron chi connectivity index (χ0n) is 23.1. The van der Waals surface area contributed by atoms with Crippen molar-refractivity contribution < 1.29 is 19.1 Å². The molecule has 0 unspecified atom stereocenters. The first-order chi connectivity index (χ1) is 20.0. The Kier molecular flexibility index (Phi) is 7.46. The van der Waals surface area contributed by atoms with Crippen LogP contribution in [0.5, 0.6) is 11.5 Å². The van der Waals surface area contributed by atoms with Crippen molar-refractivity contribution in [2.24, 2.45) is 5.92 Å². The Hall–Kier alpha value is -4.59. The molecule has 6 rings (SSSR count). The van der Waals surface area contributed by atoms with Gasteiger partial charge in [0, 0.05) is 19.5 Å². The number of carbonyl (C=O) groups excluding carboxylic acids is 3. The lowest BCUT2D eigenvalue weighted by molar-refractivity contribution is -0.136. The lowest BCUT2D eigenvalue weighted by Crippen LogP contribution is -2.50. The summed E-state index contributed by atoms with van der Waals surface area (Å²) in [4.78, 5) is 44.3. The summed E-state index contributed by atoms with van der Waals surface area (Å²) in [5.74, 6) is 1.42. The monoisotopic (exact) mass is 550 g/mol. The van der Waals surface area contributed by atoms with E-state index in [9.17, 15) is 14.4 Å². The van der Waals surface area contributed by atoms with Crippen LogP contribution in [-0.4, -0.2) is 53.3 Å². The summed E-state index contributed by atoms with van der Waals surface area (Å²) in [5.41, 5.74) is 2.86. The first-order valence-electron chi connectivity index (χ1n) is 14.3. The van der Waals surface area contributed by atoms with Gasteiger partial charge < -0.3 is 20.3 Å². The van der Waals surface area contributed by atoms with E-state index in [1.165, 1.54) is 0 Å². The van der Waals surface area contributed by atoms with Gasteiger partial charge in [0.15, 0.2) is 0 Å². The number of nitrogens with one attached hydrogen (secondary N) is 2. The van der Waals surface area contributed by atoms with E-state index >= 15 is 0 Å². The second kappa shape index (κ2) is 11.5. The molecule has 2 aliphatic heterocycles. The van der Waals surface area contributed by atoms with Gasteiger partial charge in [-0.05, 0) is 61.1 Å². The number of urea groups is 1. The van der Waals surface area contributed by atoms with Gasteiger partial charge in [-0.1, -0.05) is 60.7 Å². The van der Waals surface area contributed by atoms with Crippen LogP contribution in [0, 0.1) is 5.92 Å². The number of amides is 4. The molecule has 8 nitrogen and oxygen atoms in total. The van der Waals surface area contributed by atoms with Crippen LogP contribution in [0.15, 0.2) is 96.2 Å². The van der Waals surface area contributed by atoms with E-state index in [4.69, 9.17) is 4.74 Å². The summed E-state index contributed by atoms with van der Waals surface area (Å²) in [6.07, 6.45) is 2.63. The van der Waals surface area contributed by atoms with E-state index < -0.39 is 12.1 Å². The molecular formula is C33H34N4O4. The minimum Gasteiger partial charge on any atom is -0.457 e. The molecule has 0 spiro atoms. The van der Waals surface area contributed by atoms with Crippen molar-refractivity contribution in [3.63, 3.8) is 0 Å². The standard InChI is InChI=1S/C33H34N4O4/c1-2-36-28-21-37(27(18-22-10-5-3-6-11-22)31(38)34-20-23-16-17-23)32(39)29(28)30(35-33(36)40)24-12-9-15-26(19-24)41-25-13-7-4-8-14-25/h3-15,19,23,27,30H,2,16-18,20-21H2,1H3,(H,34,38)(H,35,40)/t27-,30-/m0/s1. The minimum atomic E-state index is -0.698. The molecule has 1 fully saturated rings. The van der Waals surface area contributed by atoms with Gasteiger partial charge in [0.2, 0.25) is 5.91 Å². The molecular weight excluding hydrogens is 516 g/mol. The first kappa shape index (κ1) is 26.6. The molecule has 2 heterocycles. The van der Waals surface area contributed by atoms with Crippen LogP contribution in [0.25, 0.3) is 0 Å². The zero-order valence-corrected chi connectivity index (χ0v) is 23.1. The van der Waals surface area contributed by atoms with Crippen LogP contribution in [0.2, 0.25) is 0 Å². The van der Waals surface area contributed by atoms with Crippen LogP contribution in [0.4, 0.5) is 4.79 Å². The number of likely N-dealkylation sites (N-methyl/N-ethyl adjacent to an activating group) is 1. The summed E-state index contributed by atoms with van der Waals surface area (Å²) in [7, 11) is 0. The third kappa shape index (κ3) is 5.68. The topological polar surface area (TPSA) is 91.0 Å². The Morgan fingerprint density at radius 2 is 1.68 bits per heavy atom. The van der Waals surface area contributed by atoms with E-state index in [-0.39, 0.29) is 24.4 Å². The Balaban J connectivity index is 1.31. The number of carbonyl (C=O) groups is 3. The fourth-order valence-corrected chi connectivity index (χ4v) is 5.60. The quantitative estimate of drug-likeness (QED) is 0.380. The van der Waals surface area contributed by atoms with Gasteiger partial charge in [0.25, 0.3) is 5.91 Å². The van der Waals surface area contributed by atoms with Gasteiger partial charge in [0.05, 0.1) is 23.9 Å². The van der Waals surface area contributed by atoms with Crippen molar-refractivity contribution in [3.05, 3.63) is 107 Å². The molecule has 0 saturated heterocycles. The molecule has 3 aliphatic rings. The molecule has 41 heavy (non-hydrogen) atoms. The average molecular weight is 551 g/mol. The predicted octanol–water partition coefficient (Wildman–Crippen LogP) is 4.80. The Labute approximate surface area is 240 Å². The SMILES string of the molecule is CCN1C(=O)N[C@@H](c2cccc(Oc3ccccc3)c2)C2=C1CN([C@@H](Cc1ccccc1)C(=O)NCC1CC1)C2=O. The third-order valence-electron chi connectivity index (χ3n) is 7.95. The molecule has 3 aromatic carbocycles. The Morgan fingerprint density at radius 3 is 2.39 bits per heavy atom. The highest BCUT2D eigenvalue weighted by molar-refractivity contribution is 6.03. The van der Waals surface area contributed by atoms with Crippen LogP contribution in [-0.2, 0) is 16.0 Å². The van der Waals surface area contributed by atoms with Crippen molar-refractivity contribution in [2.45, 2.75) is 38.3 Å². The van der Waals surface area contributed by atoms with Crippen LogP contribution in [0.1, 0.15) is 36.9 Å². The number of nitrogens with zero attached hydrogens (tertiary/aromatic N) is 2. The van der Waals surface area contributed by atoms with Crippen LogP contribution in [0.3, 0.4) is 0 Å². The van der Waals surface area contributed by atoms with E-state index in [1.807, 2.05) is 91.9 Å². The van der Waals surface area contributed by atoms with Crippen LogP contribution >= 0.6 is 0 Å². The predicted molar refractivity (Wildman–Crippen MR) is 155 cm³/mol. The summed E-state index contributed by atoms with van der Waals surface area (Å²) >= 11 is 0.